The lowest BCUT2D eigenvalue weighted by Crippen LogP contribution is -2.14. The number of hydrogen-bond donors (Lipinski definition) is 2. The molecule has 1 amide bonds. The van der Waals surface area contributed by atoms with E-state index < -0.39 is 11.7 Å². The quantitative estimate of drug-likeness (QED) is 0.900. The normalized spacial score (nSPS) is 10.2. The molecule has 0 aliphatic rings. The van der Waals surface area contributed by atoms with Gasteiger partial charge in [0.1, 0.15) is 11.6 Å². The summed E-state index contributed by atoms with van der Waals surface area (Å²) in [7, 11) is 1.49. The molecule has 20 heavy (non-hydrogen) atoms. The Morgan fingerprint density at radius 3 is 2.70 bits per heavy atom. The number of rotatable bonds is 4. The maximum Gasteiger partial charge on any atom is 0.258 e. The molecule has 0 aliphatic carbocycles. The van der Waals surface area contributed by atoms with Crippen LogP contribution in [0.3, 0.4) is 0 Å². The average Bonchev–Trinajstić information content (AvgIpc) is 2.48. The van der Waals surface area contributed by atoms with E-state index in [1.54, 1.807) is 24.3 Å². The Bertz CT molecular complexity index is 629. The fraction of sp³-hybridized carbons (Fsp3) is 0.133. The lowest BCUT2D eigenvalue weighted by atomic mass is 10.1. The van der Waals surface area contributed by atoms with Crippen LogP contribution >= 0.6 is 0 Å². The van der Waals surface area contributed by atoms with Crippen molar-refractivity contribution in [1.29, 1.82) is 0 Å². The van der Waals surface area contributed by atoms with Crippen LogP contribution in [0.15, 0.2) is 42.5 Å². The number of methoxy groups -OCH3 is 1. The molecule has 0 bridgehead atoms. The summed E-state index contributed by atoms with van der Waals surface area (Å²) in [6, 6.07) is 11.0. The van der Waals surface area contributed by atoms with E-state index in [4.69, 9.17) is 10.5 Å². The minimum absolute atomic E-state index is 0.0162. The summed E-state index contributed by atoms with van der Waals surface area (Å²) in [5.41, 5.74) is 6.88. The number of nitrogens with two attached hydrogens (primary N) is 1. The monoisotopic (exact) mass is 274 g/mol. The number of carbonyl (C=O) groups excluding carboxylic acids is 1. The third-order valence-electron chi connectivity index (χ3n) is 2.87. The lowest BCUT2D eigenvalue weighted by Gasteiger charge is -2.11. The predicted molar refractivity (Wildman–Crippen MR) is 75.2 cm³/mol. The Kier molecular flexibility index (Phi) is 4.32. The summed E-state index contributed by atoms with van der Waals surface area (Å²) >= 11 is 0. The highest BCUT2D eigenvalue weighted by Gasteiger charge is 2.13. The topological polar surface area (TPSA) is 64.3 Å². The SMILES string of the molecule is COc1cc(CN)ccc1NC(=O)c1ccccc1F. The molecule has 0 spiro atoms. The Balaban J connectivity index is 2.26. The minimum Gasteiger partial charge on any atom is -0.495 e. The van der Waals surface area contributed by atoms with Gasteiger partial charge >= 0.3 is 0 Å². The predicted octanol–water partition coefficient (Wildman–Crippen LogP) is 2.55. The van der Waals surface area contributed by atoms with Gasteiger partial charge in [0.25, 0.3) is 5.91 Å². The largest absolute Gasteiger partial charge is 0.495 e. The zero-order valence-corrected chi connectivity index (χ0v) is 11.0. The standard InChI is InChI=1S/C15H15FN2O2/c1-20-14-8-10(9-17)6-7-13(14)18-15(19)11-4-2-3-5-12(11)16/h2-8H,9,17H2,1H3,(H,18,19). The van der Waals surface area contributed by atoms with Crippen molar-refractivity contribution >= 4 is 11.6 Å². The van der Waals surface area contributed by atoms with Crippen molar-refractivity contribution in [3.05, 3.63) is 59.4 Å². The molecule has 2 aromatic rings. The van der Waals surface area contributed by atoms with Gasteiger partial charge in [0.15, 0.2) is 0 Å². The molecule has 0 aliphatic heterocycles. The van der Waals surface area contributed by atoms with E-state index in [0.29, 0.717) is 18.0 Å². The molecule has 0 radical (unpaired) electrons. The van der Waals surface area contributed by atoms with Gasteiger partial charge in [0.05, 0.1) is 18.4 Å². The Morgan fingerprint density at radius 1 is 1.30 bits per heavy atom. The van der Waals surface area contributed by atoms with Crippen molar-refractivity contribution < 1.29 is 13.9 Å². The Hall–Kier alpha value is -2.40. The third kappa shape index (κ3) is 2.95. The molecule has 5 heteroatoms. The van der Waals surface area contributed by atoms with Crippen molar-refractivity contribution in [3.8, 4) is 5.75 Å². The van der Waals surface area contributed by atoms with Crippen molar-refractivity contribution in [2.24, 2.45) is 5.73 Å². The molecule has 3 N–H and O–H groups in total. The van der Waals surface area contributed by atoms with Gasteiger partial charge in [-0.05, 0) is 29.8 Å². The van der Waals surface area contributed by atoms with Crippen LogP contribution < -0.4 is 15.8 Å². The lowest BCUT2D eigenvalue weighted by molar-refractivity contribution is 0.102. The van der Waals surface area contributed by atoms with E-state index in [-0.39, 0.29) is 5.56 Å². The number of nitrogens with one attached hydrogen (secondary N) is 1. The summed E-state index contributed by atoms with van der Waals surface area (Å²) in [4.78, 5) is 12.0. The van der Waals surface area contributed by atoms with Gasteiger partial charge < -0.3 is 15.8 Å². The average molecular weight is 274 g/mol. The number of halogens is 1. The second-order valence-electron chi connectivity index (χ2n) is 4.17. The first kappa shape index (κ1) is 14.0. The smallest absolute Gasteiger partial charge is 0.258 e. The molecule has 104 valence electrons. The molecule has 0 heterocycles. The molecule has 4 nitrogen and oxygen atoms in total. The summed E-state index contributed by atoms with van der Waals surface area (Å²) in [5, 5.41) is 2.63. The summed E-state index contributed by atoms with van der Waals surface area (Å²) in [6.45, 7) is 0.373. The fourth-order valence-corrected chi connectivity index (χ4v) is 1.80. The summed E-state index contributed by atoms with van der Waals surface area (Å²) < 4.78 is 18.7. The van der Waals surface area contributed by atoms with Crippen LogP contribution in [0.2, 0.25) is 0 Å². The van der Waals surface area contributed by atoms with Crippen molar-refractivity contribution in [2.75, 3.05) is 12.4 Å². The van der Waals surface area contributed by atoms with Crippen LogP contribution in [0.4, 0.5) is 10.1 Å². The van der Waals surface area contributed by atoms with Gasteiger partial charge in [-0.15, -0.1) is 0 Å². The molecule has 2 rings (SSSR count). The van der Waals surface area contributed by atoms with E-state index in [2.05, 4.69) is 5.32 Å². The van der Waals surface area contributed by atoms with Gasteiger partial charge in [0, 0.05) is 6.54 Å². The van der Waals surface area contributed by atoms with Crippen LogP contribution in [0, 0.1) is 5.82 Å². The molecular formula is C15H15FN2O2. The van der Waals surface area contributed by atoms with E-state index in [0.717, 1.165) is 5.56 Å². The number of hydrogen-bond acceptors (Lipinski definition) is 3. The fourth-order valence-electron chi connectivity index (χ4n) is 1.80. The number of benzene rings is 2. The molecule has 0 saturated heterocycles. The van der Waals surface area contributed by atoms with Crippen molar-refractivity contribution in [1.82, 2.24) is 0 Å². The first-order valence-electron chi connectivity index (χ1n) is 6.08. The van der Waals surface area contributed by atoms with Crippen LogP contribution in [-0.2, 0) is 6.54 Å². The first-order valence-corrected chi connectivity index (χ1v) is 6.08. The van der Waals surface area contributed by atoms with Gasteiger partial charge in [0.2, 0.25) is 0 Å². The minimum atomic E-state index is -0.567. The van der Waals surface area contributed by atoms with Gasteiger partial charge in [-0.25, -0.2) is 4.39 Å². The van der Waals surface area contributed by atoms with Crippen LogP contribution in [0.1, 0.15) is 15.9 Å². The number of amides is 1. The highest BCUT2D eigenvalue weighted by molar-refractivity contribution is 6.05. The van der Waals surface area contributed by atoms with Gasteiger partial charge in [-0.1, -0.05) is 18.2 Å². The Labute approximate surface area is 116 Å². The maximum atomic E-state index is 13.5. The zero-order valence-electron chi connectivity index (χ0n) is 11.0. The van der Waals surface area contributed by atoms with Crippen LogP contribution in [0.5, 0.6) is 5.75 Å². The second kappa shape index (κ2) is 6.16. The van der Waals surface area contributed by atoms with E-state index in [9.17, 15) is 9.18 Å². The van der Waals surface area contributed by atoms with Crippen LogP contribution in [0.25, 0.3) is 0 Å². The van der Waals surface area contributed by atoms with Gasteiger partial charge in [-0.3, -0.25) is 4.79 Å². The summed E-state index contributed by atoms with van der Waals surface area (Å²) in [5.74, 6) is -0.609. The second-order valence-corrected chi connectivity index (χ2v) is 4.17. The van der Waals surface area contributed by atoms with E-state index >= 15 is 0 Å². The highest BCUT2D eigenvalue weighted by Crippen LogP contribution is 2.26. The van der Waals surface area contributed by atoms with E-state index in [1.807, 2.05) is 0 Å². The molecular weight excluding hydrogens is 259 g/mol. The molecule has 0 unspecified atom stereocenters. The van der Waals surface area contributed by atoms with Gasteiger partial charge in [-0.2, -0.15) is 0 Å². The Morgan fingerprint density at radius 2 is 2.05 bits per heavy atom. The molecule has 0 fully saturated rings. The number of carbonyl (C=O) groups is 1. The summed E-state index contributed by atoms with van der Waals surface area (Å²) in [6.07, 6.45) is 0. The molecule has 2 aromatic carbocycles. The maximum absolute atomic E-state index is 13.5. The van der Waals surface area contributed by atoms with Crippen molar-refractivity contribution in [2.45, 2.75) is 6.54 Å². The molecule has 0 aromatic heterocycles. The van der Waals surface area contributed by atoms with Crippen LogP contribution in [-0.4, -0.2) is 13.0 Å². The van der Waals surface area contributed by atoms with Crippen molar-refractivity contribution in [3.63, 3.8) is 0 Å². The number of anilines is 1. The highest BCUT2D eigenvalue weighted by atomic mass is 19.1. The number of ether oxygens (including phenoxy) is 1. The zero-order chi connectivity index (χ0) is 14.5. The first-order chi connectivity index (χ1) is 9.65. The third-order valence-corrected chi connectivity index (χ3v) is 2.87. The van der Waals surface area contributed by atoms with E-state index in [1.165, 1.54) is 25.3 Å². The molecule has 0 atom stereocenters. The molecule has 0 saturated carbocycles.